The number of hydrogen-bond donors (Lipinski definition) is 3. The van der Waals surface area contributed by atoms with E-state index < -0.39 is 16.2 Å². The van der Waals surface area contributed by atoms with E-state index in [1.54, 1.807) is 23.1 Å². The lowest BCUT2D eigenvalue weighted by Crippen LogP contribution is -2.55. The zero-order valence-electron chi connectivity index (χ0n) is 20.4. The van der Waals surface area contributed by atoms with Gasteiger partial charge in [-0.15, -0.1) is 0 Å². The highest BCUT2D eigenvalue weighted by Crippen LogP contribution is 2.47. The predicted molar refractivity (Wildman–Crippen MR) is 144 cm³/mol. The fraction of sp³-hybridized carbons (Fsp3) is 0.167. The van der Waals surface area contributed by atoms with Gasteiger partial charge in [0.05, 0.1) is 23.0 Å². The van der Waals surface area contributed by atoms with Gasteiger partial charge in [-0.1, -0.05) is 72.8 Å². The molecule has 1 saturated heterocycles. The molecule has 4 aromatic rings. The van der Waals surface area contributed by atoms with E-state index in [-0.39, 0.29) is 28.5 Å². The average molecular weight is 530 g/mol. The van der Waals surface area contributed by atoms with Crippen molar-refractivity contribution < 1.29 is 28.0 Å². The number of carbonyl (C=O) groups is 1. The van der Waals surface area contributed by atoms with Crippen LogP contribution < -0.4 is 4.90 Å². The van der Waals surface area contributed by atoms with Crippen molar-refractivity contribution in [3.8, 4) is 16.9 Å². The molecular formula is C30H27NO6S. The number of phenolic OH excluding ortho intramolecular Hbond substituents is 1. The van der Waals surface area contributed by atoms with Crippen LogP contribution in [0.1, 0.15) is 36.1 Å². The van der Waals surface area contributed by atoms with Crippen molar-refractivity contribution in [2.75, 3.05) is 4.90 Å². The molecule has 5 rings (SSSR count). The first-order valence-corrected chi connectivity index (χ1v) is 13.7. The van der Waals surface area contributed by atoms with Crippen molar-refractivity contribution in [1.82, 2.24) is 0 Å². The highest BCUT2D eigenvalue weighted by atomic mass is 32.2. The summed E-state index contributed by atoms with van der Waals surface area (Å²) in [6.07, 6.45) is 0.176. The summed E-state index contributed by atoms with van der Waals surface area (Å²) in [6, 6.07) is 29.0. The van der Waals surface area contributed by atoms with Gasteiger partial charge in [0.1, 0.15) is 5.75 Å². The molecule has 0 spiro atoms. The fourth-order valence-corrected chi connectivity index (χ4v) is 5.59. The lowest BCUT2D eigenvalue weighted by Gasteiger charge is -2.48. The molecule has 0 unspecified atom stereocenters. The van der Waals surface area contributed by atoms with Crippen LogP contribution in [0, 0.1) is 5.92 Å². The standard InChI is InChI=1S/C30H27NO6S/c32-27(20-8-3-1-4-9-20)17-16-26-29(31(30(26)34)23-11-5-2-6-12-23)22-14-15-25(28(33)19-22)21-10-7-13-24(18-21)38(35,36)37/h1-15,18-19,26-27,29,32-33H,16-17H2,(H,35,36,37)/t26-,27+,29-/m1/s1. The number of para-hydroxylation sites is 1. The van der Waals surface area contributed by atoms with Crippen molar-refractivity contribution >= 4 is 21.7 Å². The third kappa shape index (κ3) is 5.06. The first-order valence-electron chi connectivity index (χ1n) is 12.3. The van der Waals surface area contributed by atoms with E-state index >= 15 is 0 Å². The van der Waals surface area contributed by atoms with Gasteiger partial charge in [-0.3, -0.25) is 9.35 Å². The number of anilines is 1. The van der Waals surface area contributed by atoms with Gasteiger partial charge >= 0.3 is 0 Å². The minimum Gasteiger partial charge on any atom is -0.507 e. The van der Waals surface area contributed by atoms with Crippen molar-refractivity contribution in [2.24, 2.45) is 5.92 Å². The summed E-state index contributed by atoms with van der Waals surface area (Å²) in [4.78, 5) is 14.7. The molecule has 0 radical (unpaired) electrons. The number of amides is 1. The Morgan fingerprint density at radius 3 is 2.18 bits per heavy atom. The van der Waals surface area contributed by atoms with Crippen LogP contribution in [0.5, 0.6) is 5.75 Å². The van der Waals surface area contributed by atoms with Gasteiger partial charge < -0.3 is 15.1 Å². The minimum atomic E-state index is -4.39. The van der Waals surface area contributed by atoms with Crippen LogP contribution in [0.25, 0.3) is 11.1 Å². The van der Waals surface area contributed by atoms with Crippen molar-refractivity contribution in [2.45, 2.75) is 29.9 Å². The molecule has 1 aliphatic heterocycles. The van der Waals surface area contributed by atoms with E-state index in [1.165, 1.54) is 18.2 Å². The number of aromatic hydroxyl groups is 1. The summed E-state index contributed by atoms with van der Waals surface area (Å²) in [5.74, 6) is -0.516. The Kier molecular flexibility index (Phi) is 7.03. The molecule has 38 heavy (non-hydrogen) atoms. The van der Waals surface area contributed by atoms with E-state index in [2.05, 4.69) is 0 Å². The Hall–Kier alpha value is -3.98. The number of aliphatic hydroxyl groups is 1. The summed E-state index contributed by atoms with van der Waals surface area (Å²) in [7, 11) is -4.39. The molecule has 4 aromatic carbocycles. The normalized spacial score (nSPS) is 18.2. The maximum absolute atomic E-state index is 13.3. The Morgan fingerprint density at radius 2 is 1.53 bits per heavy atom. The summed E-state index contributed by atoms with van der Waals surface area (Å²) >= 11 is 0. The van der Waals surface area contributed by atoms with Gasteiger partial charge in [-0.05, 0) is 59.9 Å². The second kappa shape index (κ2) is 10.4. The third-order valence-electron chi connectivity index (χ3n) is 6.99. The van der Waals surface area contributed by atoms with Gasteiger partial charge in [0.25, 0.3) is 10.1 Å². The van der Waals surface area contributed by atoms with E-state index in [1.807, 2.05) is 66.7 Å². The SMILES string of the molecule is O=C1[C@H](CC[C@H](O)c2ccccc2)[C@@H](c2ccc(-c3cccc(S(=O)(=O)O)c3)c(O)c2)N1c1ccccc1. The van der Waals surface area contributed by atoms with Crippen LogP contribution in [0.15, 0.2) is 108 Å². The molecule has 3 atom stereocenters. The number of β-lactam (4-membered cyclic amide) rings is 1. The summed E-state index contributed by atoms with van der Waals surface area (Å²) < 4.78 is 32.5. The Balaban J connectivity index is 1.45. The van der Waals surface area contributed by atoms with Gasteiger partial charge in [0, 0.05) is 11.3 Å². The molecule has 3 N–H and O–H groups in total. The summed E-state index contributed by atoms with van der Waals surface area (Å²) in [5, 5.41) is 21.6. The first kappa shape index (κ1) is 25.7. The lowest BCUT2D eigenvalue weighted by atomic mass is 9.78. The number of carbonyl (C=O) groups excluding carboxylic acids is 1. The first-order chi connectivity index (χ1) is 18.2. The monoisotopic (exact) mass is 529 g/mol. The maximum Gasteiger partial charge on any atom is 0.294 e. The van der Waals surface area contributed by atoms with Crippen molar-refractivity contribution in [1.29, 1.82) is 0 Å². The smallest absolute Gasteiger partial charge is 0.294 e. The van der Waals surface area contributed by atoms with Crippen LogP contribution in [0.2, 0.25) is 0 Å². The number of rotatable bonds is 8. The van der Waals surface area contributed by atoms with Crippen LogP contribution in [-0.2, 0) is 14.9 Å². The molecule has 1 fully saturated rings. The van der Waals surface area contributed by atoms with Crippen molar-refractivity contribution in [3.05, 3.63) is 114 Å². The Morgan fingerprint density at radius 1 is 0.842 bits per heavy atom. The highest BCUT2D eigenvalue weighted by Gasteiger charge is 2.48. The molecule has 194 valence electrons. The van der Waals surface area contributed by atoms with Crippen molar-refractivity contribution in [3.63, 3.8) is 0 Å². The largest absolute Gasteiger partial charge is 0.507 e. The molecule has 0 saturated carbocycles. The Bertz CT molecular complexity index is 1560. The number of nitrogens with zero attached hydrogens (tertiary/aromatic N) is 1. The predicted octanol–water partition coefficient (Wildman–Crippen LogP) is 5.52. The Labute approximate surface area is 221 Å². The lowest BCUT2D eigenvalue weighted by molar-refractivity contribution is -0.131. The summed E-state index contributed by atoms with van der Waals surface area (Å²) in [6.45, 7) is 0. The fourth-order valence-electron chi connectivity index (χ4n) is 5.07. The number of phenols is 1. The zero-order valence-corrected chi connectivity index (χ0v) is 21.2. The third-order valence-corrected chi connectivity index (χ3v) is 7.84. The number of hydrogen-bond acceptors (Lipinski definition) is 5. The average Bonchev–Trinajstić information content (AvgIpc) is 2.92. The molecule has 0 aromatic heterocycles. The van der Waals surface area contributed by atoms with E-state index in [4.69, 9.17) is 0 Å². The van der Waals surface area contributed by atoms with Gasteiger partial charge in [-0.2, -0.15) is 8.42 Å². The second-order valence-electron chi connectivity index (χ2n) is 9.38. The molecule has 0 aliphatic carbocycles. The number of benzene rings is 4. The van der Waals surface area contributed by atoms with Gasteiger partial charge in [0.15, 0.2) is 0 Å². The quantitative estimate of drug-likeness (QED) is 0.204. The van der Waals surface area contributed by atoms with E-state index in [0.29, 0.717) is 24.0 Å². The van der Waals surface area contributed by atoms with Crippen LogP contribution >= 0.6 is 0 Å². The molecule has 1 heterocycles. The van der Waals surface area contributed by atoms with Gasteiger partial charge in [0.2, 0.25) is 5.91 Å². The number of aliphatic hydroxyl groups excluding tert-OH is 1. The second-order valence-corrected chi connectivity index (χ2v) is 10.8. The molecule has 7 nitrogen and oxygen atoms in total. The van der Waals surface area contributed by atoms with E-state index in [0.717, 1.165) is 16.8 Å². The molecule has 1 amide bonds. The van der Waals surface area contributed by atoms with Crippen LogP contribution in [0.4, 0.5) is 5.69 Å². The van der Waals surface area contributed by atoms with E-state index in [9.17, 15) is 28.0 Å². The minimum absolute atomic E-state index is 0.0501. The molecule has 0 bridgehead atoms. The summed E-state index contributed by atoms with van der Waals surface area (Å²) in [5.41, 5.74) is 3.08. The molecule has 1 aliphatic rings. The van der Waals surface area contributed by atoms with Crippen LogP contribution in [0.3, 0.4) is 0 Å². The zero-order chi connectivity index (χ0) is 26.9. The topological polar surface area (TPSA) is 115 Å². The molecular weight excluding hydrogens is 502 g/mol. The highest BCUT2D eigenvalue weighted by molar-refractivity contribution is 7.85. The van der Waals surface area contributed by atoms with Crippen LogP contribution in [-0.4, -0.2) is 29.1 Å². The van der Waals surface area contributed by atoms with Gasteiger partial charge in [-0.25, -0.2) is 0 Å². The maximum atomic E-state index is 13.3. The molecule has 8 heteroatoms.